The molecule has 0 aliphatic heterocycles. The van der Waals surface area contributed by atoms with Gasteiger partial charge in [-0.05, 0) is 24.8 Å². The second-order valence-corrected chi connectivity index (χ2v) is 5.37. The molecule has 0 saturated heterocycles. The molecule has 1 aromatic rings. The zero-order chi connectivity index (χ0) is 13.5. The molecule has 1 atom stereocenters. The minimum atomic E-state index is 0.274. The van der Waals surface area contributed by atoms with Crippen molar-refractivity contribution in [1.82, 2.24) is 4.90 Å². The van der Waals surface area contributed by atoms with E-state index in [9.17, 15) is 0 Å². The third kappa shape index (κ3) is 3.85. The molecule has 3 heteroatoms. The summed E-state index contributed by atoms with van der Waals surface area (Å²) in [5, 5.41) is 0. The van der Waals surface area contributed by atoms with E-state index in [1.807, 2.05) is 12.3 Å². The summed E-state index contributed by atoms with van der Waals surface area (Å²) in [6.07, 6.45) is 5.89. The van der Waals surface area contributed by atoms with Gasteiger partial charge in [-0.25, -0.2) is 0 Å². The van der Waals surface area contributed by atoms with Crippen LogP contribution in [0.2, 0.25) is 0 Å². The minimum absolute atomic E-state index is 0.274. The molecule has 18 heavy (non-hydrogen) atoms. The lowest BCUT2D eigenvalue weighted by atomic mass is 10.0. The number of hydrogen-bond donors (Lipinski definition) is 1. The zero-order valence-corrected chi connectivity index (χ0v) is 12.2. The standard InChI is InChI=1S/C15H28N2O/c1-5-14(6-2)17(10-12(3)4)15(9-16)13-7-8-18-11-13/h7-8,11-12,14-15H,5-6,9-10,16H2,1-4H3. The van der Waals surface area contributed by atoms with Crippen LogP contribution in [0.15, 0.2) is 23.0 Å². The summed E-state index contributed by atoms with van der Waals surface area (Å²) < 4.78 is 5.22. The van der Waals surface area contributed by atoms with Crippen molar-refractivity contribution >= 4 is 0 Å². The van der Waals surface area contributed by atoms with E-state index < -0.39 is 0 Å². The van der Waals surface area contributed by atoms with Gasteiger partial charge in [-0.2, -0.15) is 0 Å². The van der Waals surface area contributed by atoms with Crippen LogP contribution in [0.3, 0.4) is 0 Å². The quantitative estimate of drug-likeness (QED) is 0.771. The van der Waals surface area contributed by atoms with Crippen molar-refractivity contribution in [2.24, 2.45) is 11.7 Å². The Balaban J connectivity index is 2.91. The fourth-order valence-corrected chi connectivity index (χ4v) is 2.64. The normalized spacial score (nSPS) is 13.8. The highest BCUT2D eigenvalue weighted by Gasteiger charge is 2.25. The summed E-state index contributed by atoms with van der Waals surface area (Å²) in [5.74, 6) is 0.645. The molecule has 0 aliphatic rings. The van der Waals surface area contributed by atoms with Gasteiger partial charge in [-0.1, -0.05) is 27.7 Å². The Morgan fingerprint density at radius 2 is 1.94 bits per heavy atom. The van der Waals surface area contributed by atoms with Crippen LogP contribution in [-0.2, 0) is 0 Å². The van der Waals surface area contributed by atoms with Crippen molar-refractivity contribution in [3.05, 3.63) is 24.2 Å². The molecule has 0 saturated carbocycles. The minimum Gasteiger partial charge on any atom is -0.472 e. The maximum Gasteiger partial charge on any atom is 0.0950 e. The van der Waals surface area contributed by atoms with Crippen molar-refractivity contribution in [1.29, 1.82) is 0 Å². The molecule has 0 spiro atoms. The SMILES string of the molecule is CCC(CC)N(CC(C)C)C(CN)c1ccoc1. The van der Waals surface area contributed by atoms with Gasteiger partial charge in [0, 0.05) is 24.7 Å². The van der Waals surface area contributed by atoms with Gasteiger partial charge in [-0.3, -0.25) is 4.90 Å². The number of furan rings is 1. The first kappa shape index (κ1) is 15.3. The predicted molar refractivity (Wildman–Crippen MR) is 76.4 cm³/mol. The summed E-state index contributed by atoms with van der Waals surface area (Å²) in [6.45, 7) is 10.8. The largest absolute Gasteiger partial charge is 0.472 e. The summed E-state index contributed by atoms with van der Waals surface area (Å²) in [7, 11) is 0. The molecule has 0 fully saturated rings. The van der Waals surface area contributed by atoms with Crippen molar-refractivity contribution < 1.29 is 4.42 Å². The first-order valence-electron chi connectivity index (χ1n) is 7.11. The molecular formula is C15H28N2O. The fourth-order valence-electron chi connectivity index (χ4n) is 2.64. The second-order valence-electron chi connectivity index (χ2n) is 5.37. The van der Waals surface area contributed by atoms with E-state index in [0.717, 1.165) is 19.4 Å². The molecule has 0 radical (unpaired) electrons. The van der Waals surface area contributed by atoms with E-state index in [-0.39, 0.29) is 6.04 Å². The Kier molecular flexibility index (Phi) is 6.44. The van der Waals surface area contributed by atoms with Gasteiger partial charge < -0.3 is 10.2 Å². The van der Waals surface area contributed by atoms with Crippen LogP contribution in [0.5, 0.6) is 0 Å². The van der Waals surface area contributed by atoms with Gasteiger partial charge in [0.1, 0.15) is 0 Å². The summed E-state index contributed by atoms with van der Waals surface area (Å²) in [6, 6.07) is 2.90. The number of hydrogen-bond acceptors (Lipinski definition) is 3. The third-order valence-corrected chi connectivity index (χ3v) is 3.54. The molecule has 2 N–H and O–H groups in total. The summed E-state index contributed by atoms with van der Waals surface area (Å²) >= 11 is 0. The molecule has 1 heterocycles. The number of rotatable bonds is 8. The van der Waals surface area contributed by atoms with Gasteiger partial charge >= 0.3 is 0 Å². The Hall–Kier alpha value is -0.800. The molecule has 1 aromatic heterocycles. The first-order valence-corrected chi connectivity index (χ1v) is 7.11. The van der Waals surface area contributed by atoms with E-state index in [0.29, 0.717) is 18.5 Å². The van der Waals surface area contributed by atoms with Gasteiger partial charge in [0.05, 0.1) is 18.6 Å². The fraction of sp³-hybridized carbons (Fsp3) is 0.733. The molecule has 1 unspecified atom stereocenters. The molecule has 0 amide bonds. The van der Waals surface area contributed by atoms with E-state index in [1.54, 1.807) is 6.26 Å². The molecule has 104 valence electrons. The van der Waals surface area contributed by atoms with Gasteiger partial charge in [0.2, 0.25) is 0 Å². The maximum absolute atomic E-state index is 6.00. The number of nitrogens with two attached hydrogens (primary N) is 1. The second kappa shape index (κ2) is 7.59. The Morgan fingerprint density at radius 3 is 2.33 bits per heavy atom. The van der Waals surface area contributed by atoms with Crippen LogP contribution >= 0.6 is 0 Å². The van der Waals surface area contributed by atoms with Crippen LogP contribution in [0.25, 0.3) is 0 Å². The van der Waals surface area contributed by atoms with Crippen molar-refractivity contribution in [3.8, 4) is 0 Å². The average molecular weight is 252 g/mol. The number of nitrogens with zero attached hydrogens (tertiary/aromatic N) is 1. The highest BCUT2D eigenvalue weighted by molar-refractivity contribution is 5.13. The Labute approximate surface area is 111 Å². The highest BCUT2D eigenvalue weighted by atomic mass is 16.3. The van der Waals surface area contributed by atoms with E-state index in [1.165, 1.54) is 5.56 Å². The zero-order valence-electron chi connectivity index (χ0n) is 12.2. The van der Waals surface area contributed by atoms with E-state index in [2.05, 4.69) is 32.6 Å². The van der Waals surface area contributed by atoms with Crippen LogP contribution in [0, 0.1) is 5.92 Å². The van der Waals surface area contributed by atoms with E-state index >= 15 is 0 Å². The molecule has 0 aliphatic carbocycles. The van der Waals surface area contributed by atoms with Gasteiger partial charge in [-0.15, -0.1) is 0 Å². The molecule has 1 rings (SSSR count). The highest BCUT2D eigenvalue weighted by Crippen LogP contribution is 2.26. The third-order valence-electron chi connectivity index (χ3n) is 3.54. The molecular weight excluding hydrogens is 224 g/mol. The molecule has 0 bridgehead atoms. The van der Waals surface area contributed by atoms with Crippen LogP contribution in [0.1, 0.15) is 52.1 Å². The van der Waals surface area contributed by atoms with Crippen LogP contribution in [0.4, 0.5) is 0 Å². The summed E-state index contributed by atoms with van der Waals surface area (Å²) in [4.78, 5) is 2.55. The molecule has 0 aromatic carbocycles. The monoisotopic (exact) mass is 252 g/mol. The lowest BCUT2D eigenvalue weighted by molar-refractivity contribution is 0.112. The van der Waals surface area contributed by atoms with Gasteiger partial charge in [0.15, 0.2) is 0 Å². The molecule has 3 nitrogen and oxygen atoms in total. The smallest absolute Gasteiger partial charge is 0.0950 e. The maximum atomic E-state index is 6.00. The van der Waals surface area contributed by atoms with Crippen LogP contribution in [-0.4, -0.2) is 24.0 Å². The van der Waals surface area contributed by atoms with Crippen LogP contribution < -0.4 is 5.73 Å². The Morgan fingerprint density at radius 1 is 1.28 bits per heavy atom. The first-order chi connectivity index (χ1) is 8.63. The lowest BCUT2D eigenvalue weighted by Gasteiger charge is -2.37. The van der Waals surface area contributed by atoms with Crippen molar-refractivity contribution in [2.75, 3.05) is 13.1 Å². The predicted octanol–water partition coefficient (Wildman–Crippen LogP) is 3.43. The summed E-state index contributed by atoms with van der Waals surface area (Å²) in [5.41, 5.74) is 7.20. The lowest BCUT2D eigenvalue weighted by Crippen LogP contribution is -2.42. The van der Waals surface area contributed by atoms with Gasteiger partial charge in [0.25, 0.3) is 0 Å². The van der Waals surface area contributed by atoms with Crippen molar-refractivity contribution in [3.63, 3.8) is 0 Å². The van der Waals surface area contributed by atoms with Crippen molar-refractivity contribution in [2.45, 2.75) is 52.6 Å². The Bertz CT molecular complexity index is 304. The average Bonchev–Trinajstić information content (AvgIpc) is 2.84. The topological polar surface area (TPSA) is 42.4 Å². The van der Waals surface area contributed by atoms with E-state index in [4.69, 9.17) is 10.2 Å².